The van der Waals surface area contributed by atoms with Gasteiger partial charge in [0.1, 0.15) is 0 Å². The third kappa shape index (κ3) is 5.50. The maximum absolute atomic E-state index is 11.8. The Labute approximate surface area is 126 Å². The highest BCUT2D eigenvalue weighted by molar-refractivity contribution is 9.10. The van der Waals surface area contributed by atoms with Crippen molar-refractivity contribution in [2.75, 3.05) is 5.32 Å². The van der Waals surface area contributed by atoms with Crippen LogP contribution in [0.25, 0.3) is 0 Å². The molecule has 0 heterocycles. The van der Waals surface area contributed by atoms with Crippen LogP contribution < -0.4 is 5.32 Å². The molecular weight excluding hydrogens is 354 g/mol. The fourth-order valence-corrected chi connectivity index (χ4v) is 2.83. The number of hydrogen-bond acceptors (Lipinski definition) is 3. The Morgan fingerprint density at radius 2 is 1.95 bits per heavy atom. The van der Waals surface area contributed by atoms with Crippen molar-refractivity contribution in [3.8, 4) is 0 Å². The molecule has 0 saturated carbocycles. The number of halogens is 2. The van der Waals surface area contributed by atoms with Gasteiger partial charge < -0.3 is 5.32 Å². The van der Waals surface area contributed by atoms with E-state index < -0.39 is 9.05 Å². The molecule has 0 saturated heterocycles. The smallest absolute Gasteiger partial charge is 0.261 e. The Morgan fingerprint density at radius 1 is 1.37 bits per heavy atom. The van der Waals surface area contributed by atoms with Gasteiger partial charge in [0.15, 0.2) is 0 Å². The Hall–Kier alpha value is -0.590. The molecule has 19 heavy (non-hydrogen) atoms. The van der Waals surface area contributed by atoms with Gasteiger partial charge in [-0.3, -0.25) is 4.79 Å². The molecule has 0 aliphatic rings. The molecule has 1 amide bonds. The van der Waals surface area contributed by atoms with Gasteiger partial charge in [0.25, 0.3) is 9.05 Å². The molecular formula is C12H15BrClNO3S. The van der Waals surface area contributed by atoms with E-state index in [1.165, 1.54) is 18.2 Å². The van der Waals surface area contributed by atoms with Gasteiger partial charge >= 0.3 is 0 Å². The quantitative estimate of drug-likeness (QED) is 0.826. The van der Waals surface area contributed by atoms with Gasteiger partial charge in [-0.15, -0.1) is 0 Å². The molecule has 1 N–H and O–H groups in total. The molecule has 0 bridgehead atoms. The zero-order valence-corrected chi connectivity index (χ0v) is 14.0. The zero-order valence-electron chi connectivity index (χ0n) is 10.8. The van der Waals surface area contributed by atoms with Crippen molar-refractivity contribution in [2.45, 2.75) is 32.1 Å². The van der Waals surface area contributed by atoms with Crippen LogP contribution in [-0.4, -0.2) is 14.3 Å². The van der Waals surface area contributed by atoms with Crippen LogP contribution in [0.1, 0.15) is 27.2 Å². The maximum atomic E-state index is 11.8. The molecule has 0 unspecified atom stereocenters. The maximum Gasteiger partial charge on any atom is 0.261 e. The molecule has 106 valence electrons. The zero-order chi connectivity index (χ0) is 14.8. The first-order valence-electron chi connectivity index (χ1n) is 5.53. The van der Waals surface area contributed by atoms with Crippen molar-refractivity contribution >= 4 is 47.3 Å². The lowest BCUT2D eigenvalue weighted by Crippen LogP contribution is -2.19. The third-order valence-electron chi connectivity index (χ3n) is 2.19. The number of nitrogens with one attached hydrogen (secondary N) is 1. The standard InChI is InChI=1S/C12H15BrClNO3S/c1-12(2,3)7-11(16)15-10-5-4-8(6-9(10)13)19(14,17)18/h4-6H,7H2,1-3H3,(H,15,16). The van der Waals surface area contributed by atoms with Gasteiger partial charge in [0.05, 0.1) is 10.6 Å². The summed E-state index contributed by atoms with van der Waals surface area (Å²) in [6, 6.07) is 4.20. The predicted octanol–water partition coefficient (Wildman–Crippen LogP) is 3.75. The number of carbonyl (C=O) groups is 1. The fraction of sp³-hybridized carbons (Fsp3) is 0.417. The lowest BCUT2D eigenvalue weighted by atomic mass is 9.92. The number of anilines is 1. The second kappa shape index (κ2) is 5.81. The van der Waals surface area contributed by atoms with Crippen molar-refractivity contribution in [3.05, 3.63) is 22.7 Å². The van der Waals surface area contributed by atoms with Gasteiger partial charge in [-0.2, -0.15) is 0 Å². The molecule has 4 nitrogen and oxygen atoms in total. The van der Waals surface area contributed by atoms with E-state index in [0.29, 0.717) is 16.6 Å². The number of amides is 1. The summed E-state index contributed by atoms with van der Waals surface area (Å²) in [5.41, 5.74) is 0.397. The Balaban J connectivity index is 2.90. The van der Waals surface area contributed by atoms with Crippen LogP contribution in [0.4, 0.5) is 5.69 Å². The van der Waals surface area contributed by atoms with Crippen molar-refractivity contribution < 1.29 is 13.2 Å². The van der Waals surface area contributed by atoms with E-state index in [2.05, 4.69) is 21.2 Å². The van der Waals surface area contributed by atoms with E-state index >= 15 is 0 Å². The summed E-state index contributed by atoms with van der Waals surface area (Å²) in [5.74, 6) is -0.130. The minimum atomic E-state index is -3.77. The van der Waals surface area contributed by atoms with E-state index in [-0.39, 0.29) is 16.2 Å². The molecule has 1 aromatic carbocycles. The van der Waals surface area contributed by atoms with E-state index in [0.717, 1.165) is 0 Å². The van der Waals surface area contributed by atoms with E-state index in [1.807, 2.05) is 20.8 Å². The molecule has 0 aliphatic heterocycles. The molecule has 0 atom stereocenters. The van der Waals surface area contributed by atoms with Crippen LogP contribution in [0.15, 0.2) is 27.6 Å². The van der Waals surface area contributed by atoms with Crippen LogP contribution >= 0.6 is 26.6 Å². The number of rotatable bonds is 3. The average Bonchev–Trinajstić information content (AvgIpc) is 2.16. The predicted molar refractivity (Wildman–Crippen MR) is 79.9 cm³/mol. The normalized spacial score (nSPS) is 12.3. The summed E-state index contributed by atoms with van der Waals surface area (Å²) in [4.78, 5) is 11.8. The van der Waals surface area contributed by atoms with Crippen molar-refractivity contribution in [2.24, 2.45) is 5.41 Å². The van der Waals surface area contributed by atoms with Crippen molar-refractivity contribution in [3.63, 3.8) is 0 Å². The number of benzene rings is 1. The first-order chi connectivity index (χ1) is 8.49. The Kier molecular flexibility index (Phi) is 5.03. The summed E-state index contributed by atoms with van der Waals surface area (Å²) < 4.78 is 22.8. The summed E-state index contributed by atoms with van der Waals surface area (Å²) in [6.07, 6.45) is 0.370. The number of hydrogen-bond donors (Lipinski definition) is 1. The minimum absolute atomic E-state index is 0.0186. The van der Waals surface area contributed by atoms with Crippen LogP contribution in [0, 0.1) is 5.41 Å². The second-order valence-electron chi connectivity index (χ2n) is 5.37. The molecule has 0 fully saturated rings. The third-order valence-corrected chi connectivity index (χ3v) is 4.19. The van der Waals surface area contributed by atoms with Gasteiger partial charge in [0.2, 0.25) is 5.91 Å². The van der Waals surface area contributed by atoms with E-state index in [4.69, 9.17) is 10.7 Å². The molecule has 1 rings (SSSR count). The van der Waals surface area contributed by atoms with Gasteiger partial charge in [0, 0.05) is 21.6 Å². The lowest BCUT2D eigenvalue weighted by Gasteiger charge is -2.17. The van der Waals surface area contributed by atoms with Gasteiger partial charge in [-0.05, 0) is 39.5 Å². The molecule has 0 radical (unpaired) electrons. The largest absolute Gasteiger partial charge is 0.325 e. The Morgan fingerprint density at radius 3 is 2.37 bits per heavy atom. The minimum Gasteiger partial charge on any atom is -0.325 e. The van der Waals surface area contributed by atoms with Crippen LogP contribution in [-0.2, 0) is 13.8 Å². The molecule has 1 aromatic rings. The van der Waals surface area contributed by atoms with Crippen LogP contribution in [0.3, 0.4) is 0 Å². The molecule has 0 aromatic heterocycles. The number of carbonyl (C=O) groups excluding carboxylic acids is 1. The van der Waals surface area contributed by atoms with Crippen molar-refractivity contribution in [1.29, 1.82) is 0 Å². The average molecular weight is 369 g/mol. The fourth-order valence-electron chi connectivity index (χ4n) is 1.42. The SMILES string of the molecule is CC(C)(C)CC(=O)Nc1ccc(S(=O)(=O)Cl)cc1Br. The summed E-state index contributed by atoms with van der Waals surface area (Å²) in [7, 11) is 1.47. The summed E-state index contributed by atoms with van der Waals surface area (Å²) in [6.45, 7) is 5.89. The molecule has 0 aliphatic carbocycles. The molecule has 0 spiro atoms. The topological polar surface area (TPSA) is 63.2 Å². The van der Waals surface area contributed by atoms with Gasteiger partial charge in [-0.25, -0.2) is 8.42 Å². The van der Waals surface area contributed by atoms with Crippen LogP contribution in [0.2, 0.25) is 0 Å². The first-order valence-corrected chi connectivity index (χ1v) is 8.63. The lowest BCUT2D eigenvalue weighted by molar-refractivity contribution is -0.117. The van der Waals surface area contributed by atoms with Crippen LogP contribution in [0.5, 0.6) is 0 Å². The molecule has 7 heteroatoms. The highest BCUT2D eigenvalue weighted by Gasteiger charge is 2.17. The summed E-state index contributed by atoms with van der Waals surface area (Å²) >= 11 is 3.21. The van der Waals surface area contributed by atoms with E-state index in [1.54, 1.807) is 0 Å². The Bertz CT molecular complexity index is 593. The highest BCUT2D eigenvalue weighted by Crippen LogP contribution is 2.28. The monoisotopic (exact) mass is 367 g/mol. The van der Waals surface area contributed by atoms with E-state index in [9.17, 15) is 13.2 Å². The highest BCUT2D eigenvalue weighted by atomic mass is 79.9. The summed E-state index contributed by atoms with van der Waals surface area (Å²) in [5, 5.41) is 2.72. The second-order valence-corrected chi connectivity index (χ2v) is 8.79. The van der Waals surface area contributed by atoms with Crippen molar-refractivity contribution in [1.82, 2.24) is 0 Å². The first kappa shape index (κ1) is 16.5. The van der Waals surface area contributed by atoms with Gasteiger partial charge in [-0.1, -0.05) is 20.8 Å².